The average molecular weight is 467 g/mol. The second kappa shape index (κ2) is 8.64. The summed E-state index contributed by atoms with van der Waals surface area (Å²) in [5, 5.41) is 17.1. The Bertz CT molecular complexity index is 1470. The maximum Gasteiger partial charge on any atom is 0.257 e. The lowest BCUT2D eigenvalue weighted by Crippen LogP contribution is -2.43. The Balaban J connectivity index is 1.27. The van der Waals surface area contributed by atoms with Crippen molar-refractivity contribution in [2.75, 3.05) is 23.3 Å². The van der Waals surface area contributed by atoms with Crippen molar-refractivity contribution in [2.24, 2.45) is 0 Å². The molecule has 3 aromatic heterocycles. The number of carbonyl (C=O) groups excluding carboxylic acids is 1. The Morgan fingerprint density at radius 1 is 1.14 bits per heavy atom. The van der Waals surface area contributed by atoms with Crippen LogP contribution in [0.4, 0.5) is 11.4 Å². The molecule has 4 heterocycles. The fourth-order valence-corrected chi connectivity index (χ4v) is 4.96. The van der Waals surface area contributed by atoms with Gasteiger partial charge in [0.2, 0.25) is 0 Å². The molecular formula is C26H26N8O. The Morgan fingerprint density at radius 2 is 1.94 bits per heavy atom. The number of fused-ring (bicyclic) bond motifs is 2. The molecule has 35 heavy (non-hydrogen) atoms. The predicted octanol–water partition coefficient (Wildman–Crippen LogP) is 3.43. The van der Waals surface area contributed by atoms with E-state index in [1.807, 2.05) is 25.3 Å². The summed E-state index contributed by atoms with van der Waals surface area (Å²) in [6, 6.07) is 8.94. The summed E-state index contributed by atoms with van der Waals surface area (Å²) >= 11 is 0. The number of carbonyl (C=O) groups is 1. The second-order valence-electron chi connectivity index (χ2n) is 9.44. The molecule has 1 aliphatic carbocycles. The van der Waals surface area contributed by atoms with Gasteiger partial charge in [0.1, 0.15) is 12.4 Å². The van der Waals surface area contributed by atoms with Gasteiger partial charge in [-0.25, -0.2) is 15.0 Å². The van der Waals surface area contributed by atoms with Crippen LogP contribution in [0.15, 0.2) is 43.1 Å². The van der Waals surface area contributed by atoms with Crippen molar-refractivity contribution >= 4 is 33.8 Å². The lowest BCUT2D eigenvalue weighted by molar-refractivity contribution is 0.102. The Hall–Kier alpha value is -4.03. The second-order valence-corrected chi connectivity index (χ2v) is 9.44. The molecule has 176 valence electrons. The number of hydrogen-bond acceptors (Lipinski definition) is 7. The average Bonchev–Trinajstić information content (AvgIpc) is 3.61. The Labute approximate surface area is 202 Å². The van der Waals surface area contributed by atoms with Crippen molar-refractivity contribution in [2.45, 2.75) is 44.7 Å². The topological polar surface area (TPSA) is 111 Å². The molecule has 2 N–H and O–H groups in total. The number of nitriles is 1. The third kappa shape index (κ3) is 4.17. The van der Waals surface area contributed by atoms with Crippen molar-refractivity contribution in [3.05, 3.63) is 59.9 Å². The van der Waals surface area contributed by atoms with E-state index in [2.05, 4.69) is 36.6 Å². The van der Waals surface area contributed by atoms with Gasteiger partial charge in [0.25, 0.3) is 5.91 Å². The van der Waals surface area contributed by atoms with Gasteiger partial charge in [-0.3, -0.25) is 4.79 Å². The largest absolute Gasteiger partial charge is 0.371 e. The molecule has 1 amide bonds. The number of rotatable bonds is 5. The summed E-state index contributed by atoms with van der Waals surface area (Å²) in [5.74, 6) is -0.285. The van der Waals surface area contributed by atoms with Crippen LogP contribution in [0.3, 0.4) is 0 Å². The highest BCUT2D eigenvalue weighted by atomic mass is 16.1. The number of nitrogens with zero attached hydrogens (tertiary/aromatic N) is 6. The minimum absolute atomic E-state index is 0.285. The zero-order chi connectivity index (χ0) is 23.9. The number of hydrogen-bond donors (Lipinski definition) is 2. The first-order valence-electron chi connectivity index (χ1n) is 12.0. The monoisotopic (exact) mass is 466 g/mol. The number of anilines is 2. The van der Waals surface area contributed by atoms with Gasteiger partial charge < -0.3 is 19.9 Å². The van der Waals surface area contributed by atoms with Gasteiger partial charge in [0, 0.05) is 54.8 Å². The van der Waals surface area contributed by atoms with Gasteiger partial charge in [-0.2, -0.15) is 5.26 Å². The summed E-state index contributed by atoms with van der Waals surface area (Å²) in [4.78, 5) is 28.8. The quantitative estimate of drug-likeness (QED) is 0.463. The first-order valence-corrected chi connectivity index (χ1v) is 12.0. The maximum atomic E-state index is 13.3. The lowest BCUT2D eigenvalue weighted by atomic mass is 10.0. The van der Waals surface area contributed by atoms with E-state index in [9.17, 15) is 10.1 Å². The predicted molar refractivity (Wildman–Crippen MR) is 134 cm³/mol. The lowest BCUT2D eigenvalue weighted by Gasteiger charge is -2.34. The first kappa shape index (κ1) is 21.5. The number of aromatic nitrogens is 4. The third-order valence-corrected chi connectivity index (χ3v) is 6.83. The normalized spacial score (nSPS) is 16.5. The van der Waals surface area contributed by atoms with E-state index < -0.39 is 0 Å². The highest BCUT2D eigenvalue weighted by Crippen LogP contribution is 2.31. The molecule has 9 nitrogen and oxygen atoms in total. The molecule has 6 rings (SSSR count). The summed E-state index contributed by atoms with van der Waals surface area (Å²) in [5.41, 5.74) is 4.44. The van der Waals surface area contributed by atoms with Gasteiger partial charge in [-0.15, -0.1) is 0 Å². The molecule has 2 aliphatic rings. The molecule has 1 aliphatic heterocycles. The van der Waals surface area contributed by atoms with Crippen LogP contribution >= 0.6 is 0 Å². The number of piperidine rings is 1. The molecule has 0 radical (unpaired) electrons. The number of amides is 1. The number of aryl methyl sites for hydroxylation is 1. The molecule has 2 fully saturated rings. The summed E-state index contributed by atoms with van der Waals surface area (Å²) < 4.78 is 1.76. The van der Waals surface area contributed by atoms with Crippen molar-refractivity contribution in [3.8, 4) is 6.07 Å². The van der Waals surface area contributed by atoms with E-state index in [-0.39, 0.29) is 5.91 Å². The molecule has 4 aromatic rings. The molecule has 1 saturated heterocycles. The highest BCUT2D eigenvalue weighted by molar-refractivity contribution is 6.13. The van der Waals surface area contributed by atoms with Gasteiger partial charge in [0.15, 0.2) is 5.65 Å². The van der Waals surface area contributed by atoms with Gasteiger partial charge in [-0.1, -0.05) is 0 Å². The molecule has 0 spiro atoms. The summed E-state index contributed by atoms with van der Waals surface area (Å²) in [6.07, 6.45) is 11.7. The van der Waals surface area contributed by atoms with Crippen LogP contribution < -0.4 is 15.5 Å². The molecule has 9 heteroatoms. The van der Waals surface area contributed by atoms with Crippen molar-refractivity contribution < 1.29 is 4.79 Å². The first-order chi connectivity index (χ1) is 17.1. The fourth-order valence-electron chi connectivity index (χ4n) is 4.96. The minimum atomic E-state index is -0.285. The number of benzene rings is 1. The number of nitrogens with one attached hydrogen (secondary N) is 2. The molecule has 0 atom stereocenters. The minimum Gasteiger partial charge on any atom is -0.371 e. The zero-order valence-electron chi connectivity index (χ0n) is 19.5. The van der Waals surface area contributed by atoms with E-state index in [1.165, 1.54) is 19.2 Å². The third-order valence-electron chi connectivity index (χ3n) is 6.83. The van der Waals surface area contributed by atoms with E-state index in [4.69, 9.17) is 0 Å². The summed E-state index contributed by atoms with van der Waals surface area (Å²) in [6.45, 7) is 3.79. The highest BCUT2D eigenvalue weighted by Gasteiger charge is 2.28. The van der Waals surface area contributed by atoms with Crippen LogP contribution in [-0.2, 0) is 0 Å². The van der Waals surface area contributed by atoms with Crippen LogP contribution in [0.1, 0.15) is 47.3 Å². The molecule has 0 bridgehead atoms. The SMILES string of the molecule is Cc1cn2cc(NC(=O)c3ccc(N4CCC(NC5CC5)CC4)c4cncnc34)cc(C#N)c2n1. The van der Waals surface area contributed by atoms with Crippen LogP contribution in [0.25, 0.3) is 16.6 Å². The zero-order valence-corrected chi connectivity index (χ0v) is 19.5. The van der Waals surface area contributed by atoms with Crippen LogP contribution in [-0.4, -0.2) is 50.4 Å². The smallest absolute Gasteiger partial charge is 0.257 e. The molecular weight excluding hydrogens is 440 g/mol. The van der Waals surface area contributed by atoms with Crippen molar-refractivity contribution in [1.82, 2.24) is 24.7 Å². The van der Waals surface area contributed by atoms with Crippen LogP contribution in [0, 0.1) is 18.3 Å². The van der Waals surface area contributed by atoms with E-state index in [1.54, 1.807) is 22.9 Å². The maximum absolute atomic E-state index is 13.3. The van der Waals surface area contributed by atoms with E-state index in [0.717, 1.165) is 48.7 Å². The summed E-state index contributed by atoms with van der Waals surface area (Å²) in [7, 11) is 0. The van der Waals surface area contributed by atoms with Gasteiger partial charge in [0.05, 0.1) is 28.0 Å². The van der Waals surface area contributed by atoms with E-state index >= 15 is 0 Å². The standard InChI is InChI=1S/C26H26N8O/c1-16-13-34-14-20(10-17(11-27)25(34)30-16)32-26(35)21-4-5-23(22-12-28-15-29-24(21)22)33-8-6-19(7-9-33)31-18-2-3-18/h4-5,10,12-15,18-19,31H,2-3,6-9H2,1H3,(H,32,35). The Kier molecular flexibility index (Phi) is 5.30. The molecule has 0 unspecified atom stereocenters. The molecule has 1 saturated carbocycles. The number of pyridine rings is 1. The van der Waals surface area contributed by atoms with Crippen molar-refractivity contribution in [3.63, 3.8) is 0 Å². The van der Waals surface area contributed by atoms with Gasteiger partial charge >= 0.3 is 0 Å². The van der Waals surface area contributed by atoms with Gasteiger partial charge in [-0.05, 0) is 50.8 Å². The van der Waals surface area contributed by atoms with Crippen molar-refractivity contribution in [1.29, 1.82) is 5.26 Å². The fraction of sp³-hybridized carbons (Fsp3) is 0.346. The van der Waals surface area contributed by atoms with Crippen LogP contribution in [0.5, 0.6) is 0 Å². The van der Waals surface area contributed by atoms with E-state index in [0.29, 0.717) is 34.0 Å². The van der Waals surface area contributed by atoms with Crippen LogP contribution in [0.2, 0.25) is 0 Å². The Morgan fingerprint density at radius 3 is 2.71 bits per heavy atom. The molecule has 1 aromatic carbocycles. The number of imidazole rings is 1.